The molecule has 0 saturated carbocycles. The summed E-state index contributed by atoms with van der Waals surface area (Å²) in [5.74, 6) is 0. The fourth-order valence-electron chi connectivity index (χ4n) is 0.460. The van der Waals surface area contributed by atoms with Crippen LogP contribution in [-0.4, -0.2) is 0 Å². The summed E-state index contributed by atoms with van der Waals surface area (Å²) in [6.07, 6.45) is 0. The average Bonchev–Trinajstić information content (AvgIpc) is 1.64. The SMILES string of the molecule is Clc1cccc(Cl)c1.S. The lowest BCUT2D eigenvalue weighted by atomic mass is 10.4. The van der Waals surface area contributed by atoms with E-state index in [4.69, 9.17) is 23.2 Å². The Morgan fingerprint density at radius 1 is 1.00 bits per heavy atom. The highest BCUT2D eigenvalue weighted by Gasteiger charge is 1.84. The molecule has 1 aromatic rings. The minimum Gasteiger partial charge on any atom is -0.197 e. The molecule has 0 atom stereocenters. The van der Waals surface area contributed by atoms with Crippen LogP contribution >= 0.6 is 36.7 Å². The Hall–Kier alpha value is 0.150. The van der Waals surface area contributed by atoms with Crippen molar-refractivity contribution in [2.75, 3.05) is 0 Å². The smallest absolute Gasteiger partial charge is 0.0420 e. The van der Waals surface area contributed by atoms with E-state index in [0.29, 0.717) is 10.0 Å². The summed E-state index contributed by atoms with van der Waals surface area (Å²) >= 11 is 11.1. The molecule has 1 aromatic carbocycles. The number of hydrogen-bond acceptors (Lipinski definition) is 0. The van der Waals surface area contributed by atoms with Crippen LogP contribution in [0.5, 0.6) is 0 Å². The predicted octanol–water partition coefficient (Wildman–Crippen LogP) is 3.11. The van der Waals surface area contributed by atoms with Crippen LogP contribution in [0.1, 0.15) is 0 Å². The molecule has 0 nitrogen and oxygen atoms in total. The van der Waals surface area contributed by atoms with Crippen LogP contribution < -0.4 is 0 Å². The quantitative estimate of drug-likeness (QED) is 0.576. The van der Waals surface area contributed by atoms with Crippen molar-refractivity contribution in [2.24, 2.45) is 0 Å². The summed E-state index contributed by atoms with van der Waals surface area (Å²) in [6.45, 7) is 0. The maximum absolute atomic E-state index is 5.56. The fourth-order valence-corrected chi connectivity index (χ4v) is 0.896. The summed E-state index contributed by atoms with van der Waals surface area (Å²) in [4.78, 5) is 0. The Morgan fingerprint density at radius 3 is 1.67 bits per heavy atom. The van der Waals surface area contributed by atoms with Gasteiger partial charge in [-0.3, -0.25) is 0 Å². The van der Waals surface area contributed by atoms with Crippen molar-refractivity contribution in [2.45, 2.75) is 0 Å². The van der Waals surface area contributed by atoms with Crippen molar-refractivity contribution in [3.63, 3.8) is 0 Å². The summed E-state index contributed by atoms with van der Waals surface area (Å²) in [5, 5.41) is 1.36. The maximum Gasteiger partial charge on any atom is 0.0420 e. The van der Waals surface area contributed by atoms with Gasteiger partial charge in [-0.25, -0.2) is 0 Å². The molecular weight excluding hydrogens is 175 g/mol. The van der Waals surface area contributed by atoms with Crippen molar-refractivity contribution in [3.05, 3.63) is 34.3 Å². The van der Waals surface area contributed by atoms with E-state index in [1.807, 2.05) is 6.07 Å². The molecule has 0 fully saturated rings. The lowest BCUT2D eigenvalue weighted by Gasteiger charge is -1.86. The molecule has 0 heterocycles. The first-order valence-corrected chi connectivity index (χ1v) is 2.96. The molecule has 0 bridgehead atoms. The number of rotatable bonds is 0. The predicted molar refractivity (Wildman–Crippen MR) is 46.8 cm³/mol. The topological polar surface area (TPSA) is 0 Å². The van der Waals surface area contributed by atoms with E-state index in [-0.39, 0.29) is 13.5 Å². The zero-order valence-corrected chi connectivity index (χ0v) is 7.08. The third kappa shape index (κ3) is 2.99. The first-order chi connectivity index (χ1) is 3.79. The Balaban J connectivity index is 0.000000640. The molecule has 0 aliphatic rings. The molecule has 0 saturated heterocycles. The summed E-state index contributed by atoms with van der Waals surface area (Å²) < 4.78 is 0. The molecule has 0 aliphatic carbocycles. The van der Waals surface area contributed by atoms with Crippen molar-refractivity contribution < 1.29 is 0 Å². The van der Waals surface area contributed by atoms with Gasteiger partial charge >= 0.3 is 0 Å². The van der Waals surface area contributed by atoms with Gasteiger partial charge < -0.3 is 0 Å². The number of hydrogen-bond donors (Lipinski definition) is 0. The standard InChI is InChI=1S/C6H4Cl2.H2S/c7-5-2-1-3-6(8)4-5;/h1-4H;1H2. The molecule has 0 N–H and O–H groups in total. The highest BCUT2D eigenvalue weighted by Crippen LogP contribution is 2.13. The minimum absolute atomic E-state index is 0. The van der Waals surface area contributed by atoms with Crippen molar-refractivity contribution in [1.82, 2.24) is 0 Å². The lowest BCUT2D eigenvalue weighted by molar-refractivity contribution is 1.71. The van der Waals surface area contributed by atoms with Crippen LogP contribution in [0.15, 0.2) is 24.3 Å². The molecule has 0 aliphatic heterocycles. The number of benzene rings is 1. The van der Waals surface area contributed by atoms with Gasteiger partial charge in [0.05, 0.1) is 0 Å². The average molecular weight is 181 g/mol. The first kappa shape index (κ1) is 9.15. The Morgan fingerprint density at radius 2 is 1.44 bits per heavy atom. The Labute approximate surface area is 71.2 Å². The Kier molecular flexibility index (Phi) is 4.11. The van der Waals surface area contributed by atoms with Gasteiger partial charge in [0.15, 0.2) is 0 Å². The number of halogens is 2. The molecule has 0 amide bonds. The molecule has 9 heavy (non-hydrogen) atoms. The highest BCUT2D eigenvalue weighted by molar-refractivity contribution is 7.59. The summed E-state index contributed by atoms with van der Waals surface area (Å²) in [6, 6.07) is 7.08. The van der Waals surface area contributed by atoms with Crippen LogP contribution in [0.25, 0.3) is 0 Å². The lowest BCUT2D eigenvalue weighted by Crippen LogP contribution is -1.61. The van der Waals surface area contributed by atoms with Crippen LogP contribution in [-0.2, 0) is 0 Å². The van der Waals surface area contributed by atoms with E-state index in [1.54, 1.807) is 18.2 Å². The van der Waals surface area contributed by atoms with Crippen LogP contribution in [0.3, 0.4) is 0 Å². The zero-order chi connectivity index (χ0) is 5.98. The van der Waals surface area contributed by atoms with Crippen LogP contribution in [0, 0.1) is 0 Å². The van der Waals surface area contributed by atoms with Gasteiger partial charge in [-0.2, -0.15) is 13.5 Å². The largest absolute Gasteiger partial charge is 0.197 e. The van der Waals surface area contributed by atoms with E-state index < -0.39 is 0 Å². The molecular formula is C6H6Cl2S. The van der Waals surface area contributed by atoms with Gasteiger partial charge in [-0.15, -0.1) is 0 Å². The first-order valence-electron chi connectivity index (χ1n) is 2.20. The maximum atomic E-state index is 5.56. The van der Waals surface area contributed by atoms with Gasteiger partial charge in [-0.1, -0.05) is 29.3 Å². The van der Waals surface area contributed by atoms with Gasteiger partial charge in [0.2, 0.25) is 0 Å². The van der Waals surface area contributed by atoms with Gasteiger partial charge in [0.25, 0.3) is 0 Å². The van der Waals surface area contributed by atoms with Gasteiger partial charge in [0.1, 0.15) is 0 Å². The molecule has 0 radical (unpaired) electrons. The van der Waals surface area contributed by atoms with E-state index in [0.717, 1.165) is 0 Å². The minimum atomic E-state index is 0. The zero-order valence-electron chi connectivity index (χ0n) is 4.57. The third-order valence-electron chi connectivity index (χ3n) is 0.787. The molecule has 0 unspecified atom stereocenters. The summed E-state index contributed by atoms with van der Waals surface area (Å²) in [7, 11) is 0. The van der Waals surface area contributed by atoms with Crippen LogP contribution in [0.4, 0.5) is 0 Å². The van der Waals surface area contributed by atoms with Crippen LogP contribution in [0.2, 0.25) is 10.0 Å². The van der Waals surface area contributed by atoms with Crippen molar-refractivity contribution in [1.29, 1.82) is 0 Å². The van der Waals surface area contributed by atoms with E-state index in [1.165, 1.54) is 0 Å². The second kappa shape index (κ2) is 4.04. The monoisotopic (exact) mass is 180 g/mol. The Bertz CT molecular complexity index is 171. The van der Waals surface area contributed by atoms with Gasteiger partial charge in [0, 0.05) is 10.0 Å². The highest BCUT2D eigenvalue weighted by atomic mass is 35.5. The second-order valence-electron chi connectivity index (χ2n) is 1.44. The molecule has 0 aromatic heterocycles. The van der Waals surface area contributed by atoms with E-state index >= 15 is 0 Å². The van der Waals surface area contributed by atoms with Crippen molar-refractivity contribution >= 4 is 36.7 Å². The summed E-state index contributed by atoms with van der Waals surface area (Å²) in [5.41, 5.74) is 0. The molecule has 0 spiro atoms. The van der Waals surface area contributed by atoms with Crippen molar-refractivity contribution in [3.8, 4) is 0 Å². The van der Waals surface area contributed by atoms with Gasteiger partial charge in [-0.05, 0) is 18.2 Å². The molecule has 3 heteroatoms. The molecule has 1 rings (SSSR count). The van der Waals surface area contributed by atoms with E-state index in [2.05, 4.69) is 0 Å². The normalized spacial score (nSPS) is 8.22. The molecule has 50 valence electrons. The third-order valence-corrected chi connectivity index (χ3v) is 1.26. The second-order valence-corrected chi connectivity index (χ2v) is 2.31. The van der Waals surface area contributed by atoms with E-state index in [9.17, 15) is 0 Å². The fraction of sp³-hybridized carbons (Fsp3) is 0.